The van der Waals surface area contributed by atoms with Gasteiger partial charge in [0.1, 0.15) is 5.75 Å². The van der Waals surface area contributed by atoms with E-state index in [1.807, 2.05) is 45.0 Å². The summed E-state index contributed by atoms with van der Waals surface area (Å²) in [6.45, 7) is 11.4. The van der Waals surface area contributed by atoms with Crippen LogP contribution in [-0.4, -0.2) is 76.8 Å². The minimum atomic E-state index is -3.70. The Bertz CT molecular complexity index is 780. The maximum Gasteiger partial charge on any atom is 0.317 e. The number of hydrogen-bond donors (Lipinski definition) is 1. The molecule has 0 aliphatic carbocycles. The predicted molar refractivity (Wildman–Crippen MR) is 127 cm³/mol. The summed E-state index contributed by atoms with van der Waals surface area (Å²) in [6.07, 6.45) is 1.91. The lowest BCUT2D eigenvalue weighted by atomic mass is 10.1. The van der Waals surface area contributed by atoms with Crippen molar-refractivity contribution in [1.29, 1.82) is 0 Å². The molecule has 0 atom stereocenters. The molecule has 0 heterocycles. The Morgan fingerprint density at radius 2 is 1.74 bits per heavy atom. The molecule has 2 amide bonds. The Morgan fingerprint density at radius 1 is 1.06 bits per heavy atom. The number of carbonyl (C=O) groups excluding carboxylic acids is 1. The summed E-state index contributed by atoms with van der Waals surface area (Å²) in [7, 11) is 0.209. The third-order valence-corrected chi connectivity index (χ3v) is 6.16. The van der Waals surface area contributed by atoms with Crippen molar-refractivity contribution >= 4 is 21.8 Å². The first-order valence-electron chi connectivity index (χ1n) is 11.1. The summed E-state index contributed by atoms with van der Waals surface area (Å²) in [5, 5.41) is 2.96. The van der Waals surface area contributed by atoms with E-state index in [9.17, 15) is 13.2 Å². The molecule has 0 saturated carbocycles. The van der Waals surface area contributed by atoms with Gasteiger partial charge >= 0.3 is 16.1 Å². The van der Waals surface area contributed by atoms with E-state index >= 15 is 0 Å². The first-order valence-corrected chi connectivity index (χ1v) is 12.7. The van der Waals surface area contributed by atoms with E-state index in [2.05, 4.69) is 17.1 Å². The van der Waals surface area contributed by atoms with E-state index < -0.39 is 10.1 Å². The van der Waals surface area contributed by atoms with Crippen molar-refractivity contribution in [2.24, 2.45) is 0 Å². The lowest BCUT2D eigenvalue weighted by Gasteiger charge is -2.27. The van der Waals surface area contributed by atoms with Crippen LogP contribution in [-0.2, 0) is 16.7 Å². The fraction of sp³-hybridized carbons (Fsp3) is 0.682. The van der Waals surface area contributed by atoms with Crippen LogP contribution in [0.15, 0.2) is 18.2 Å². The van der Waals surface area contributed by atoms with E-state index in [1.165, 1.54) is 0 Å². The maximum atomic E-state index is 12.8. The largest absolute Gasteiger partial charge is 0.382 e. The zero-order valence-corrected chi connectivity index (χ0v) is 20.8. The normalized spacial score (nSPS) is 11.5. The second kappa shape index (κ2) is 13.4. The molecule has 1 aromatic carbocycles. The summed E-state index contributed by atoms with van der Waals surface area (Å²) in [5.74, 6) is 0.159. The molecule has 0 aliphatic heterocycles. The van der Waals surface area contributed by atoms with Crippen LogP contribution in [0, 0.1) is 0 Å². The zero-order valence-electron chi connectivity index (χ0n) is 20.0. The van der Waals surface area contributed by atoms with Gasteiger partial charge in [-0.2, -0.15) is 8.42 Å². The molecule has 1 rings (SSSR count). The van der Waals surface area contributed by atoms with Crippen LogP contribution in [0.25, 0.3) is 0 Å². The molecule has 0 spiro atoms. The van der Waals surface area contributed by atoms with E-state index in [1.54, 1.807) is 17.9 Å². The van der Waals surface area contributed by atoms with Gasteiger partial charge in [-0.25, -0.2) is 4.79 Å². The van der Waals surface area contributed by atoms with Crippen LogP contribution in [0.5, 0.6) is 5.75 Å². The Kier molecular flexibility index (Phi) is 11.7. The number of nitrogens with zero attached hydrogens (tertiary/aromatic N) is 3. The predicted octanol–water partition coefficient (Wildman–Crippen LogP) is 3.13. The molecule has 1 aromatic rings. The summed E-state index contributed by atoms with van der Waals surface area (Å²) in [6, 6.07) is 5.41. The molecule has 0 radical (unpaired) electrons. The Balaban J connectivity index is 3.23. The molecule has 0 aliphatic rings. The molecule has 9 heteroatoms. The number of rotatable bonds is 14. The molecule has 0 unspecified atom stereocenters. The molecule has 0 saturated heterocycles. The molecule has 178 valence electrons. The van der Waals surface area contributed by atoms with Crippen molar-refractivity contribution in [3.63, 3.8) is 0 Å². The van der Waals surface area contributed by atoms with Crippen molar-refractivity contribution < 1.29 is 17.4 Å². The van der Waals surface area contributed by atoms with E-state index in [0.717, 1.165) is 31.6 Å². The highest BCUT2D eigenvalue weighted by Gasteiger charge is 2.20. The molecule has 0 aromatic heterocycles. The minimum absolute atomic E-state index is 0.121. The van der Waals surface area contributed by atoms with E-state index in [0.29, 0.717) is 25.2 Å². The fourth-order valence-electron chi connectivity index (χ4n) is 3.00. The number of urea groups is 1. The Labute approximate surface area is 188 Å². The fourth-order valence-corrected chi connectivity index (χ4v) is 3.54. The second-order valence-corrected chi connectivity index (χ2v) is 9.56. The molecule has 0 fully saturated rings. The van der Waals surface area contributed by atoms with E-state index in [-0.39, 0.29) is 24.1 Å². The number of likely N-dealkylation sites (N-methyl/N-ethyl adjacent to an activating group) is 1. The van der Waals surface area contributed by atoms with Gasteiger partial charge < -0.3 is 24.2 Å². The molecule has 0 bridgehead atoms. The SMILES string of the molecule is CCCCNC(=O)N(CCN(C)C)Cc1ccc(N(CC)CC)cc1OS(=O)(=O)CC. The number of nitrogens with one attached hydrogen (secondary N) is 1. The highest BCUT2D eigenvalue weighted by molar-refractivity contribution is 7.87. The summed E-state index contributed by atoms with van der Waals surface area (Å²) in [4.78, 5) is 18.6. The summed E-state index contributed by atoms with van der Waals surface area (Å²) < 4.78 is 29.9. The van der Waals surface area contributed by atoms with Crippen LogP contribution in [0.1, 0.15) is 46.1 Å². The van der Waals surface area contributed by atoms with E-state index in [4.69, 9.17) is 4.18 Å². The quantitative estimate of drug-likeness (QED) is 0.342. The number of carbonyl (C=O) groups is 1. The number of unbranched alkanes of at least 4 members (excludes halogenated alkanes) is 1. The van der Waals surface area contributed by atoms with Gasteiger partial charge in [0.05, 0.1) is 12.3 Å². The molecular weight excluding hydrogens is 416 g/mol. The lowest BCUT2D eigenvalue weighted by molar-refractivity contribution is 0.188. The molecular formula is C22H40N4O4S. The first kappa shape index (κ1) is 27.0. The van der Waals surface area contributed by atoms with Gasteiger partial charge in [0.25, 0.3) is 0 Å². The minimum Gasteiger partial charge on any atom is -0.382 e. The third kappa shape index (κ3) is 9.35. The standard InChI is InChI=1S/C22H40N4O4S/c1-7-11-14-23-22(27)26(16-15-24(5)6)18-19-12-13-20(25(8-2)9-3)17-21(19)30-31(28,29)10-4/h12-13,17H,7-11,14-16,18H2,1-6H3,(H,23,27). The van der Waals surface area contributed by atoms with Crippen LogP contribution in [0.3, 0.4) is 0 Å². The average molecular weight is 457 g/mol. The number of anilines is 1. The molecule has 1 N–H and O–H groups in total. The Morgan fingerprint density at radius 3 is 2.29 bits per heavy atom. The highest BCUT2D eigenvalue weighted by Crippen LogP contribution is 2.28. The smallest absolute Gasteiger partial charge is 0.317 e. The number of benzene rings is 1. The van der Waals surface area contributed by atoms with Gasteiger partial charge in [-0.05, 0) is 47.4 Å². The second-order valence-electron chi connectivity index (χ2n) is 7.70. The average Bonchev–Trinajstić information content (AvgIpc) is 2.73. The van der Waals surface area contributed by atoms with Crippen LogP contribution in [0.2, 0.25) is 0 Å². The van der Waals surface area contributed by atoms with Gasteiger partial charge in [0.15, 0.2) is 0 Å². The van der Waals surface area contributed by atoms with Crippen LogP contribution >= 0.6 is 0 Å². The lowest BCUT2D eigenvalue weighted by Crippen LogP contribution is -2.43. The van der Waals surface area contributed by atoms with Gasteiger partial charge in [0, 0.05) is 50.0 Å². The van der Waals surface area contributed by atoms with Crippen molar-refractivity contribution in [3.8, 4) is 5.75 Å². The molecule has 8 nitrogen and oxygen atoms in total. The van der Waals surface area contributed by atoms with Crippen LogP contribution < -0.4 is 14.4 Å². The zero-order chi connectivity index (χ0) is 23.4. The van der Waals surface area contributed by atoms with Gasteiger partial charge in [-0.3, -0.25) is 0 Å². The van der Waals surface area contributed by atoms with Crippen LogP contribution in [0.4, 0.5) is 10.5 Å². The Hall–Kier alpha value is -2.00. The highest BCUT2D eigenvalue weighted by atomic mass is 32.2. The number of hydrogen-bond acceptors (Lipinski definition) is 6. The third-order valence-electron chi connectivity index (χ3n) is 5.02. The summed E-state index contributed by atoms with van der Waals surface area (Å²) in [5.41, 5.74) is 1.56. The number of amides is 2. The van der Waals surface area contributed by atoms with Gasteiger partial charge in [-0.1, -0.05) is 19.4 Å². The summed E-state index contributed by atoms with van der Waals surface area (Å²) >= 11 is 0. The first-order chi connectivity index (χ1) is 14.7. The topological polar surface area (TPSA) is 82.2 Å². The van der Waals surface area contributed by atoms with Crippen molar-refractivity contribution in [2.75, 3.05) is 57.5 Å². The van der Waals surface area contributed by atoms with Crippen molar-refractivity contribution in [3.05, 3.63) is 23.8 Å². The van der Waals surface area contributed by atoms with Crippen molar-refractivity contribution in [2.45, 2.75) is 47.1 Å². The van der Waals surface area contributed by atoms with Gasteiger partial charge in [0.2, 0.25) is 0 Å². The van der Waals surface area contributed by atoms with Gasteiger partial charge in [-0.15, -0.1) is 0 Å². The van der Waals surface area contributed by atoms with Crippen molar-refractivity contribution in [1.82, 2.24) is 15.1 Å². The maximum absolute atomic E-state index is 12.8. The molecule has 31 heavy (non-hydrogen) atoms. The monoisotopic (exact) mass is 456 g/mol.